The number of pyridine rings is 1. The fourth-order valence-corrected chi connectivity index (χ4v) is 2.73. The molecule has 1 aliphatic carbocycles. The van der Waals surface area contributed by atoms with Crippen molar-refractivity contribution in [2.24, 2.45) is 5.92 Å². The molecule has 2 rings (SSSR count). The SMILES string of the molecule is O=C(NCc1ccnc(OCC(F)(F)F)c1)NCC1CCCC(F)(F)C1. The van der Waals surface area contributed by atoms with Crippen LogP contribution in [-0.2, 0) is 6.54 Å². The molecule has 0 spiro atoms. The van der Waals surface area contributed by atoms with Crippen LogP contribution in [0.2, 0.25) is 0 Å². The van der Waals surface area contributed by atoms with Crippen molar-refractivity contribution in [2.75, 3.05) is 13.2 Å². The first-order chi connectivity index (χ1) is 12.1. The van der Waals surface area contributed by atoms with Gasteiger partial charge in [-0.05, 0) is 30.4 Å². The number of ether oxygens (including phenoxy) is 1. The number of hydrogen-bond donors (Lipinski definition) is 2. The number of hydrogen-bond acceptors (Lipinski definition) is 3. The van der Waals surface area contributed by atoms with Gasteiger partial charge in [0.15, 0.2) is 6.61 Å². The first kappa shape index (κ1) is 20.2. The van der Waals surface area contributed by atoms with Gasteiger partial charge in [0.25, 0.3) is 0 Å². The molecule has 146 valence electrons. The molecule has 1 heterocycles. The number of alkyl halides is 5. The summed E-state index contributed by atoms with van der Waals surface area (Å²) in [6.07, 6.45) is -2.48. The highest BCUT2D eigenvalue weighted by molar-refractivity contribution is 5.73. The molecule has 0 bridgehead atoms. The van der Waals surface area contributed by atoms with E-state index in [1.54, 1.807) is 0 Å². The van der Waals surface area contributed by atoms with Gasteiger partial charge in [0.1, 0.15) is 0 Å². The van der Waals surface area contributed by atoms with Crippen molar-refractivity contribution in [3.8, 4) is 5.88 Å². The molecule has 0 aliphatic heterocycles. The minimum atomic E-state index is -4.47. The molecule has 0 saturated heterocycles. The number of rotatable bonds is 6. The van der Waals surface area contributed by atoms with Crippen LogP contribution in [-0.4, -0.2) is 36.3 Å². The number of nitrogens with one attached hydrogen (secondary N) is 2. The molecule has 10 heteroatoms. The number of halogens is 5. The number of carbonyl (C=O) groups excluding carboxylic acids is 1. The second-order valence-corrected chi connectivity index (χ2v) is 6.29. The van der Waals surface area contributed by atoms with E-state index >= 15 is 0 Å². The van der Waals surface area contributed by atoms with Crippen LogP contribution in [0.15, 0.2) is 18.3 Å². The van der Waals surface area contributed by atoms with Crippen LogP contribution in [0.5, 0.6) is 5.88 Å². The molecule has 5 nitrogen and oxygen atoms in total. The Morgan fingerprint density at radius 1 is 1.35 bits per heavy atom. The van der Waals surface area contributed by atoms with Crippen LogP contribution >= 0.6 is 0 Å². The van der Waals surface area contributed by atoms with Crippen molar-refractivity contribution in [1.29, 1.82) is 0 Å². The second kappa shape index (κ2) is 8.50. The van der Waals surface area contributed by atoms with Crippen molar-refractivity contribution in [3.63, 3.8) is 0 Å². The van der Waals surface area contributed by atoms with Gasteiger partial charge in [-0.25, -0.2) is 18.6 Å². The summed E-state index contributed by atoms with van der Waals surface area (Å²) in [6.45, 7) is -1.27. The normalized spacial score (nSPS) is 19.7. The number of aromatic nitrogens is 1. The summed E-state index contributed by atoms with van der Waals surface area (Å²) in [5.41, 5.74) is 0.497. The fourth-order valence-electron chi connectivity index (χ4n) is 2.73. The third-order valence-corrected chi connectivity index (χ3v) is 3.93. The lowest BCUT2D eigenvalue weighted by Gasteiger charge is -2.28. The second-order valence-electron chi connectivity index (χ2n) is 6.29. The van der Waals surface area contributed by atoms with Gasteiger partial charge in [-0.15, -0.1) is 0 Å². The van der Waals surface area contributed by atoms with E-state index in [1.165, 1.54) is 18.3 Å². The van der Waals surface area contributed by atoms with Crippen molar-refractivity contribution in [1.82, 2.24) is 15.6 Å². The quantitative estimate of drug-likeness (QED) is 0.740. The molecule has 2 N–H and O–H groups in total. The molecule has 2 amide bonds. The van der Waals surface area contributed by atoms with E-state index in [2.05, 4.69) is 20.4 Å². The number of carbonyl (C=O) groups is 1. The lowest BCUT2D eigenvalue weighted by atomic mass is 9.86. The summed E-state index contributed by atoms with van der Waals surface area (Å²) in [5.74, 6) is -3.15. The van der Waals surface area contributed by atoms with E-state index in [0.717, 1.165) is 0 Å². The predicted molar refractivity (Wildman–Crippen MR) is 82.9 cm³/mol. The van der Waals surface area contributed by atoms with E-state index in [9.17, 15) is 26.7 Å². The standard InChI is InChI=1S/C16H20F5N3O2/c17-15(18)4-1-2-12(7-15)9-24-14(25)23-8-11-3-5-22-13(6-11)26-10-16(19,20)21/h3,5-6,12H,1-2,4,7-10H2,(H2,23,24,25). The van der Waals surface area contributed by atoms with Crippen molar-refractivity contribution >= 4 is 6.03 Å². The average Bonchev–Trinajstić information content (AvgIpc) is 2.55. The minimum Gasteiger partial charge on any atom is -0.468 e. The Morgan fingerprint density at radius 2 is 2.12 bits per heavy atom. The fraction of sp³-hybridized carbons (Fsp3) is 0.625. The summed E-state index contributed by atoms with van der Waals surface area (Å²) < 4.78 is 67.5. The number of urea groups is 1. The predicted octanol–water partition coefficient (Wildman–Crippen LogP) is 3.65. The first-order valence-corrected chi connectivity index (χ1v) is 8.17. The summed E-state index contributed by atoms with van der Waals surface area (Å²) in [6, 6.07) is 2.27. The van der Waals surface area contributed by atoms with Gasteiger partial charge in [0.05, 0.1) is 0 Å². The highest BCUT2D eigenvalue weighted by Gasteiger charge is 2.36. The molecule has 1 unspecified atom stereocenters. The molecular weight excluding hydrogens is 361 g/mol. The molecule has 1 atom stereocenters. The van der Waals surface area contributed by atoms with Gasteiger partial charge >= 0.3 is 12.2 Å². The third kappa shape index (κ3) is 7.40. The van der Waals surface area contributed by atoms with Crippen LogP contribution in [0.3, 0.4) is 0 Å². The molecule has 26 heavy (non-hydrogen) atoms. The van der Waals surface area contributed by atoms with Crippen LogP contribution in [0, 0.1) is 5.92 Å². The topological polar surface area (TPSA) is 63.2 Å². The molecule has 1 aromatic heterocycles. The Labute approximate surface area is 147 Å². The summed E-state index contributed by atoms with van der Waals surface area (Å²) in [5, 5.41) is 5.06. The first-order valence-electron chi connectivity index (χ1n) is 8.17. The average molecular weight is 381 g/mol. The van der Waals surface area contributed by atoms with Crippen LogP contribution < -0.4 is 15.4 Å². The molecule has 1 aliphatic rings. The Balaban J connectivity index is 1.73. The zero-order chi connectivity index (χ0) is 19.2. The lowest BCUT2D eigenvalue weighted by Crippen LogP contribution is -2.40. The maximum Gasteiger partial charge on any atom is 0.422 e. The Morgan fingerprint density at radius 3 is 2.81 bits per heavy atom. The van der Waals surface area contributed by atoms with Gasteiger partial charge in [-0.1, -0.05) is 0 Å². The summed E-state index contributed by atoms with van der Waals surface area (Å²) in [7, 11) is 0. The summed E-state index contributed by atoms with van der Waals surface area (Å²) >= 11 is 0. The van der Waals surface area contributed by atoms with Crippen LogP contribution in [0.25, 0.3) is 0 Å². The third-order valence-electron chi connectivity index (χ3n) is 3.93. The molecule has 0 radical (unpaired) electrons. The largest absolute Gasteiger partial charge is 0.468 e. The number of amides is 2. The van der Waals surface area contributed by atoms with E-state index in [-0.39, 0.29) is 37.7 Å². The molecule has 0 aromatic carbocycles. The maximum atomic E-state index is 13.3. The van der Waals surface area contributed by atoms with Crippen LogP contribution in [0.4, 0.5) is 26.7 Å². The molecule has 1 aromatic rings. The van der Waals surface area contributed by atoms with E-state index < -0.39 is 24.7 Å². The highest BCUT2D eigenvalue weighted by atomic mass is 19.4. The zero-order valence-electron chi connectivity index (χ0n) is 13.9. The highest BCUT2D eigenvalue weighted by Crippen LogP contribution is 2.36. The number of nitrogens with zero attached hydrogens (tertiary/aromatic N) is 1. The smallest absolute Gasteiger partial charge is 0.422 e. The van der Waals surface area contributed by atoms with Gasteiger partial charge in [-0.2, -0.15) is 13.2 Å². The van der Waals surface area contributed by atoms with Crippen LogP contribution in [0.1, 0.15) is 31.2 Å². The van der Waals surface area contributed by atoms with Crippen molar-refractivity contribution < 1.29 is 31.5 Å². The van der Waals surface area contributed by atoms with E-state index in [1.807, 2.05) is 0 Å². The Bertz CT molecular complexity index is 610. The molecule has 1 saturated carbocycles. The lowest BCUT2D eigenvalue weighted by molar-refractivity contribution is -0.154. The van der Waals surface area contributed by atoms with Gasteiger partial charge in [0.2, 0.25) is 11.8 Å². The maximum absolute atomic E-state index is 13.3. The zero-order valence-corrected chi connectivity index (χ0v) is 13.9. The molecular formula is C16H20F5N3O2. The molecule has 1 fully saturated rings. The van der Waals surface area contributed by atoms with Gasteiger partial charge in [-0.3, -0.25) is 0 Å². The van der Waals surface area contributed by atoms with E-state index in [4.69, 9.17) is 0 Å². The van der Waals surface area contributed by atoms with Crippen molar-refractivity contribution in [3.05, 3.63) is 23.9 Å². The van der Waals surface area contributed by atoms with Gasteiger partial charge in [0, 0.05) is 38.2 Å². The van der Waals surface area contributed by atoms with Crippen molar-refractivity contribution in [2.45, 2.75) is 44.3 Å². The Kier molecular flexibility index (Phi) is 6.60. The summed E-state index contributed by atoms with van der Waals surface area (Å²) in [4.78, 5) is 15.4. The minimum absolute atomic E-state index is 0.0392. The van der Waals surface area contributed by atoms with Gasteiger partial charge < -0.3 is 15.4 Å². The Hall–Kier alpha value is -2.13. The van der Waals surface area contributed by atoms with E-state index in [0.29, 0.717) is 18.4 Å². The monoisotopic (exact) mass is 381 g/mol.